The van der Waals surface area contributed by atoms with Gasteiger partial charge in [0.05, 0.1) is 13.2 Å². The Balaban J connectivity index is 1.72. The van der Waals surface area contributed by atoms with Crippen LogP contribution in [0.5, 0.6) is 0 Å². The molecule has 0 radical (unpaired) electrons. The van der Waals surface area contributed by atoms with Crippen molar-refractivity contribution in [1.82, 2.24) is 0 Å². The molecular weight excluding hydrogens is 388 g/mol. The van der Waals surface area contributed by atoms with E-state index < -0.39 is 79.8 Å². The molecule has 162 valence electrons. The highest BCUT2D eigenvalue weighted by atomic mass is 16.8. The predicted octanol–water partition coefficient (Wildman–Crippen LogP) is -4.53. The zero-order chi connectivity index (χ0) is 20.8. The summed E-state index contributed by atoms with van der Waals surface area (Å²) in [5, 5.41) is 68.6. The first-order chi connectivity index (χ1) is 13.1. The molecule has 13 nitrogen and oxygen atoms in total. The molecule has 28 heavy (non-hydrogen) atoms. The molecule has 3 fully saturated rings. The minimum absolute atomic E-state index is 0.300. The second-order valence-electron chi connectivity index (χ2n) is 7.00. The molecule has 13 heteroatoms. The lowest BCUT2D eigenvalue weighted by atomic mass is 9.96. The van der Waals surface area contributed by atoms with E-state index in [2.05, 4.69) is 0 Å². The molecular formula is C15H24O13. The van der Waals surface area contributed by atoms with Crippen molar-refractivity contribution in [2.45, 2.75) is 74.1 Å². The van der Waals surface area contributed by atoms with E-state index in [4.69, 9.17) is 23.7 Å². The number of hydrogen-bond acceptors (Lipinski definition) is 12. The third-order valence-electron chi connectivity index (χ3n) is 5.04. The van der Waals surface area contributed by atoms with Gasteiger partial charge < -0.3 is 59.4 Å². The van der Waals surface area contributed by atoms with Crippen LogP contribution < -0.4 is 0 Å². The van der Waals surface area contributed by atoms with Gasteiger partial charge in [0.2, 0.25) is 0 Å². The average Bonchev–Trinajstić information content (AvgIpc) is 2.66. The number of carbonyl (C=O) groups is 1. The number of carboxylic acid groups (broad SMARTS) is 1. The SMILES string of the molecule is CC1(C(=O)O)OC[C@H]2O[C@@H](O[C@H]3[C@H](O)[C@@H](O)C(O)O[C@@H]3CO)[C@H](O)[C@@H](O)[C@H]2O1. The third kappa shape index (κ3) is 3.76. The molecule has 0 aromatic rings. The van der Waals surface area contributed by atoms with Gasteiger partial charge in [0.15, 0.2) is 12.6 Å². The van der Waals surface area contributed by atoms with Gasteiger partial charge in [-0.05, 0) is 0 Å². The van der Waals surface area contributed by atoms with Crippen LogP contribution in [-0.2, 0) is 28.5 Å². The zero-order valence-electron chi connectivity index (χ0n) is 14.8. The van der Waals surface area contributed by atoms with Crippen LogP contribution in [0.15, 0.2) is 0 Å². The summed E-state index contributed by atoms with van der Waals surface area (Å²) in [7, 11) is 0. The van der Waals surface area contributed by atoms with Gasteiger partial charge in [-0.15, -0.1) is 0 Å². The summed E-state index contributed by atoms with van der Waals surface area (Å²) in [5.74, 6) is -3.46. The fraction of sp³-hybridized carbons (Fsp3) is 0.933. The molecule has 7 N–H and O–H groups in total. The quantitative estimate of drug-likeness (QED) is 0.233. The van der Waals surface area contributed by atoms with Crippen LogP contribution in [-0.4, -0.2) is 122 Å². The normalized spacial score (nSPS) is 52.1. The number of carboxylic acids is 1. The van der Waals surface area contributed by atoms with E-state index in [9.17, 15) is 40.5 Å². The van der Waals surface area contributed by atoms with Gasteiger partial charge in [0.1, 0.15) is 48.8 Å². The second-order valence-corrected chi connectivity index (χ2v) is 7.00. The van der Waals surface area contributed by atoms with Crippen molar-refractivity contribution >= 4 is 5.97 Å². The first-order valence-electron chi connectivity index (χ1n) is 8.61. The molecule has 3 rings (SSSR count). The first kappa shape index (κ1) is 21.7. The molecule has 0 bridgehead atoms. The van der Waals surface area contributed by atoms with Crippen molar-refractivity contribution in [3.8, 4) is 0 Å². The van der Waals surface area contributed by atoms with E-state index >= 15 is 0 Å². The predicted molar refractivity (Wildman–Crippen MR) is 82.4 cm³/mol. The van der Waals surface area contributed by atoms with Crippen LogP contribution in [0.4, 0.5) is 0 Å². The maximum atomic E-state index is 11.3. The van der Waals surface area contributed by atoms with E-state index in [0.29, 0.717) is 0 Å². The molecule has 0 aromatic heterocycles. The van der Waals surface area contributed by atoms with Gasteiger partial charge in [-0.3, -0.25) is 0 Å². The van der Waals surface area contributed by atoms with Crippen molar-refractivity contribution in [2.75, 3.05) is 13.2 Å². The summed E-state index contributed by atoms with van der Waals surface area (Å²) in [4.78, 5) is 11.3. The van der Waals surface area contributed by atoms with E-state index in [-0.39, 0.29) is 6.61 Å². The second kappa shape index (κ2) is 8.04. The molecule has 2 unspecified atom stereocenters. The van der Waals surface area contributed by atoms with Crippen LogP contribution in [0.2, 0.25) is 0 Å². The van der Waals surface area contributed by atoms with E-state index in [1.54, 1.807) is 0 Å². The number of fused-ring (bicyclic) bond motifs is 1. The lowest BCUT2D eigenvalue weighted by molar-refractivity contribution is -0.395. The smallest absolute Gasteiger partial charge is 0.364 e. The molecule has 3 aliphatic heterocycles. The van der Waals surface area contributed by atoms with Gasteiger partial charge >= 0.3 is 5.97 Å². The summed E-state index contributed by atoms with van der Waals surface area (Å²) in [6.45, 7) is 0.152. The van der Waals surface area contributed by atoms with Crippen molar-refractivity contribution in [2.24, 2.45) is 0 Å². The summed E-state index contributed by atoms with van der Waals surface area (Å²) < 4.78 is 26.3. The maximum Gasteiger partial charge on any atom is 0.364 e. The van der Waals surface area contributed by atoms with Crippen LogP contribution in [0.25, 0.3) is 0 Å². The van der Waals surface area contributed by atoms with Crippen LogP contribution in [0.1, 0.15) is 6.92 Å². The summed E-state index contributed by atoms with van der Waals surface area (Å²) in [5.41, 5.74) is 0. The number of hydrogen-bond donors (Lipinski definition) is 7. The number of rotatable bonds is 4. The number of ether oxygens (including phenoxy) is 5. The molecule has 3 aliphatic rings. The lowest BCUT2D eigenvalue weighted by Crippen LogP contribution is -2.68. The van der Waals surface area contributed by atoms with Gasteiger partial charge in [-0.1, -0.05) is 0 Å². The minimum Gasteiger partial charge on any atom is -0.477 e. The highest BCUT2D eigenvalue weighted by Gasteiger charge is 2.56. The fourth-order valence-electron chi connectivity index (χ4n) is 3.33. The molecule has 0 aliphatic carbocycles. The third-order valence-corrected chi connectivity index (χ3v) is 5.04. The van der Waals surface area contributed by atoms with Crippen molar-refractivity contribution in [1.29, 1.82) is 0 Å². The molecule has 0 saturated carbocycles. The fourth-order valence-corrected chi connectivity index (χ4v) is 3.33. The average molecular weight is 412 g/mol. The minimum atomic E-state index is -2.03. The molecule has 11 atom stereocenters. The molecule has 0 spiro atoms. The zero-order valence-corrected chi connectivity index (χ0v) is 14.8. The molecule has 3 heterocycles. The Labute approximate surface area is 158 Å². The van der Waals surface area contributed by atoms with Crippen LogP contribution in [0.3, 0.4) is 0 Å². The highest BCUT2D eigenvalue weighted by molar-refractivity contribution is 5.75. The standard InChI is InChI=1S/C15H24O13/c1-15(14(22)23)24-3-5-11(28-15)7(18)9(20)13(26-5)27-10-4(2-16)25-12(21)8(19)6(10)17/h4-13,16-21H,2-3H2,1H3,(H,22,23)/t4-,5-,6-,7-,8-,9-,10-,11+,12?,13+,15?/m1/s1. The van der Waals surface area contributed by atoms with Gasteiger partial charge in [-0.2, -0.15) is 0 Å². The topological polar surface area (TPSA) is 205 Å². The monoisotopic (exact) mass is 412 g/mol. The van der Waals surface area contributed by atoms with Gasteiger partial charge in [0.25, 0.3) is 5.79 Å². The van der Waals surface area contributed by atoms with Crippen molar-refractivity contribution in [3.63, 3.8) is 0 Å². The summed E-state index contributed by atoms with van der Waals surface area (Å²) >= 11 is 0. The number of aliphatic hydroxyl groups is 6. The summed E-state index contributed by atoms with van der Waals surface area (Å²) in [6, 6.07) is 0. The van der Waals surface area contributed by atoms with Gasteiger partial charge in [-0.25, -0.2) is 4.79 Å². The van der Waals surface area contributed by atoms with Crippen LogP contribution in [0, 0.1) is 0 Å². The maximum absolute atomic E-state index is 11.3. The molecule has 0 amide bonds. The Morgan fingerprint density at radius 1 is 1.07 bits per heavy atom. The largest absolute Gasteiger partial charge is 0.477 e. The Morgan fingerprint density at radius 2 is 1.75 bits per heavy atom. The van der Waals surface area contributed by atoms with Crippen LogP contribution >= 0.6 is 0 Å². The lowest BCUT2D eigenvalue weighted by Gasteiger charge is -2.49. The Morgan fingerprint density at radius 3 is 2.36 bits per heavy atom. The molecule has 0 aromatic carbocycles. The highest BCUT2D eigenvalue weighted by Crippen LogP contribution is 2.34. The van der Waals surface area contributed by atoms with E-state index in [1.807, 2.05) is 0 Å². The van der Waals surface area contributed by atoms with Crippen molar-refractivity contribution in [3.05, 3.63) is 0 Å². The Kier molecular flexibility index (Phi) is 6.24. The summed E-state index contributed by atoms with van der Waals surface area (Å²) in [6.07, 6.45) is -15.0. The first-order valence-corrected chi connectivity index (χ1v) is 8.61. The Bertz CT molecular complexity index is 570. The number of aliphatic carboxylic acids is 1. The van der Waals surface area contributed by atoms with E-state index in [1.165, 1.54) is 0 Å². The number of aliphatic hydroxyl groups excluding tert-OH is 6. The van der Waals surface area contributed by atoms with Crippen molar-refractivity contribution < 1.29 is 64.2 Å². The van der Waals surface area contributed by atoms with E-state index in [0.717, 1.165) is 6.92 Å². The van der Waals surface area contributed by atoms with Gasteiger partial charge in [0, 0.05) is 6.92 Å². The Hall–Kier alpha value is -0.970. The molecule has 3 saturated heterocycles.